The Bertz CT molecular complexity index is 575. The molecule has 2 aromatic heterocycles. The predicted octanol–water partition coefficient (Wildman–Crippen LogP) is 0.744. The van der Waals surface area contributed by atoms with Gasteiger partial charge in [-0.2, -0.15) is 10.1 Å². The fourth-order valence-electron chi connectivity index (χ4n) is 3.41. The average Bonchev–Trinajstić information content (AvgIpc) is 3.27. The lowest BCUT2D eigenvalue weighted by Gasteiger charge is -2.34. The van der Waals surface area contributed by atoms with Crippen molar-refractivity contribution in [3.8, 4) is 11.6 Å². The molecule has 1 unspecified atom stereocenters. The molecule has 4 rings (SSSR count). The molecule has 0 radical (unpaired) electrons. The molecule has 8 nitrogen and oxygen atoms in total. The highest BCUT2D eigenvalue weighted by Crippen LogP contribution is 2.35. The highest BCUT2D eigenvalue weighted by atomic mass is 16.5. The molecule has 2 aliphatic rings. The molecule has 2 N–H and O–H groups in total. The van der Waals surface area contributed by atoms with E-state index in [-0.39, 0.29) is 6.04 Å². The topological polar surface area (TPSA) is 95.8 Å². The molecule has 2 saturated heterocycles. The first-order valence-corrected chi connectivity index (χ1v) is 7.57. The van der Waals surface area contributed by atoms with Gasteiger partial charge in [-0.3, -0.25) is 10.00 Å². The first kappa shape index (κ1) is 12.9. The predicted molar refractivity (Wildman–Crippen MR) is 74.2 cm³/mol. The summed E-state index contributed by atoms with van der Waals surface area (Å²) in [7, 11) is 0. The van der Waals surface area contributed by atoms with Gasteiger partial charge in [0.25, 0.3) is 0 Å². The number of likely N-dealkylation sites (tertiary alicyclic amines) is 1. The summed E-state index contributed by atoms with van der Waals surface area (Å²) in [6.45, 7) is 3.32. The van der Waals surface area contributed by atoms with Gasteiger partial charge >= 0.3 is 0 Å². The van der Waals surface area contributed by atoms with Gasteiger partial charge in [0.2, 0.25) is 11.7 Å². The third-order valence-electron chi connectivity index (χ3n) is 4.43. The zero-order valence-electron chi connectivity index (χ0n) is 11.8. The normalized spacial score (nSPS) is 24.7. The molecule has 0 amide bonds. The Labute approximate surface area is 122 Å². The lowest BCUT2D eigenvalue weighted by molar-refractivity contribution is 0.126. The Morgan fingerprint density at radius 1 is 1.24 bits per heavy atom. The van der Waals surface area contributed by atoms with E-state index in [1.165, 1.54) is 25.6 Å². The number of aromatic nitrogens is 5. The second-order valence-corrected chi connectivity index (χ2v) is 5.67. The van der Waals surface area contributed by atoms with Gasteiger partial charge in [-0.05, 0) is 45.3 Å². The molecule has 2 aliphatic heterocycles. The Balaban J connectivity index is 1.54. The van der Waals surface area contributed by atoms with E-state index in [1.807, 2.05) is 0 Å². The zero-order chi connectivity index (χ0) is 14.1. The molecular weight excluding hydrogens is 270 g/mol. The van der Waals surface area contributed by atoms with Gasteiger partial charge in [-0.1, -0.05) is 5.16 Å². The Morgan fingerprint density at radius 3 is 2.95 bits per heavy atom. The van der Waals surface area contributed by atoms with Crippen LogP contribution in [-0.4, -0.2) is 55.9 Å². The third-order valence-corrected chi connectivity index (χ3v) is 4.43. The summed E-state index contributed by atoms with van der Waals surface area (Å²) in [5.74, 6) is 1.74. The summed E-state index contributed by atoms with van der Waals surface area (Å²) in [6, 6.07) is 0.872. The van der Waals surface area contributed by atoms with Crippen LogP contribution in [-0.2, 0) is 0 Å². The van der Waals surface area contributed by atoms with Crippen molar-refractivity contribution in [1.29, 1.82) is 0 Å². The molecule has 0 aromatic carbocycles. The lowest BCUT2D eigenvalue weighted by Crippen LogP contribution is -2.42. The van der Waals surface area contributed by atoms with Crippen LogP contribution >= 0.6 is 0 Å². The molecule has 21 heavy (non-hydrogen) atoms. The Morgan fingerprint density at radius 2 is 2.14 bits per heavy atom. The van der Waals surface area contributed by atoms with Gasteiger partial charge in [0.1, 0.15) is 6.33 Å². The number of nitrogens with zero attached hydrogens (tertiary/aromatic N) is 5. The van der Waals surface area contributed by atoms with Crippen molar-refractivity contribution in [1.82, 2.24) is 35.5 Å². The van der Waals surface area contributed by atoms with Crippen molar-refractivity contribution in [3.63, 3.8) is 0 Å². The van der Waals surface area contributed by atoms with Gasteiger partial charge in [0.15, 0.2) is 5.82 Å². The smallest absolute Gasteiger partial charge is 0.244 e. The molecule has 8 heteroatoms. The van der Waals surface area contributed by atoms with Crippen LogP contribution in [0.25, 0.3) is 11.6 Å². The van der Waals surface area contributed by atoms with Crippen LogP contribution in [0, 0.1) is 0 Å². The van der Waals surface area contributed by atoms with Gasteiger partial charge in [0.05, 0.1) is 6.04 Å². The minimum absolute atomic E-state index is 0.247. The molecule has 0 spiro atoms. The van der Waals surface area contributed by atoms with Crippen LogP contribution in [0.15, 0.2) is 10.9 Å². The van der Waals surface area contributed by atoms with Crippen molar-refractivity contribution < 1.29 is 4.52 Å². The molecule has 2 fully saturated rings. The largest absolute Gasteiger partial charge is 0.337 e. The summed E-state index contributed by atoms with van der Waals surface area (Å²) in [6.07, 6.45) is 6.11. The molecule has 1 atom stereocenters. The lowest BCUT2D eigenvalue weighted by atomic mass is 10.0. The summed E-state index contributed by atoms with van der Waals surface area (Å²) < 4.78 is 5.49. The van der Waals surface area contributed by atoms with Crippen molar-refractivity contribution in [2.45, 2.75) is 37.8 Å². The highest BCUT2D eigenvalue weighted by molar-refractivity contribution is 5.39. The maximum Gasteiger partial charge on any atom is 0.244 e. The van der Waals surface area contributed by atoms with Gasteiger partial charge < -0.3 is 9.84 Å². The zero-order valence-corrected chi connectivity index (χ0v) is 11.8. The number of nitrogens with one attached hydrogen (secondary N) is 2. The van der Waals surface area contributed by atoms with Gasteiger partial charge in [0, 0.05) is 6.04 Å². The SMILES string of the molecule is c1n[nH]c(-c2noc(C3CCCN3C3CCNCC3)n2)n1. The number of H-pyrrole nitrogens is 1. The minimum Gasteiger partial charge on any atom is -0.337 e. The standard InChI is InChI=1S/C13H19N7O/c1-2-10(20(7-1)9-3-5-14-6-4-9)13-17-12(19-21-13)11-15-8-16-18-11/h8-10,14H,1-7H2,(H,15,16,18). The maximum absolute atomic E-state index is 5.49. The van der Waals surface area contributed by atoms with E-state index in [4.69, 9.17) is 4.52 Å². The number of hydrogen-bond acceptors (Lipinski definition) is 7. The van der Waals surface area contributed by atoms with E-state index in [0.29, 0.717) is 23.6 Å². The van der Waals surface area contributed by atoms with E-state index >= 15 is 0 Å². The average molecular weight is 289 g/mol. The highest BCUT2D eigenvalue weighted by Gasteiger charge is 2.35. The number of piperidine rings is 1. The number of rotatable bonds is 3. The van der Waals surface area contributed by atoms with Crippen LogP contribution < -0.4 is 5.32 Å². The fraction of sp³-hybridized carbons (Fsp3) is 0.692. The number of aromatic amines is 1. The second-order valence-electron chi connectivity index (χ2n) is 5.67. The van der Waals surface area contributed by atoms with Crippen molar-refractivity contribution in [2.24, 2.45) is 0 Å². The summed E-state index contributed by atoms with van der Waals surface area (Å²) >= 11 is 0. The van der Waals surface area contributed by atoms with Crippen molar-refractivity contribution in [3.05, 3.63) is 12.2 Å². The van der Waals surface area contributed by atoms with E-state index in [1.54, 1.807) is 0 Å². The number of hydrogen-bond donors (Lipinski definition) is 2. The van der Waals surface area contributed by atoms with Crippen LogP contribution in [0.3, 0.4) is 0 Å². The monoisotopic (exact) mass is 289 g/mol. The van der Waals surface area contributed by atoms with Crippen molar-refractivity contribution in [2.75, 3.05) is 19.6 Å². The van der Waals surface area contributed by atoms with Gasteiger partial charge in [-0.25, -0.2) is 4.98 Å². The van der Waals surface area contributed by atoms with Crippen LogP contribution in [0.1, 0.15) is 37.6 Å². The molecular formula is C13H19N7O. The maximum atomic E-state index is 5.49. The summed E-state index contributed by atoms with van der Waals surface area (Å²) in [5, 5.41) is 14.0. The summed E-state index contributed by atoms with van der Waals surface area (Å²) in [5.41, 5.74) is 0. The van der Waals surface area contributed by atoms with Crippen LogP contribution in [0.5, 0.6) is 0 Å². The third kappa shape index (κ3) is 2.44. The van der Waals surface area contributed by atoms with Crippen molar-refractivity contribution >= 4 is 0 Å². The molecule has 0 bridgehead atoms. The first-order valence-electron chi connectivity index (χ1n) is 7.57. The molecule has 112 valence electrons. The molecule has 0 aliphatic carbocycles. The van der Waals surface area contributed by atoms with E-state index in [2.05, 4.69) is 35.5 Å². The summed E-state index contributed by atoms with van der Waals surface area (Å²) in [4.78, 5) is 11.1. The molecule has 2 aromatic rings. The van der Waals surface area contributed by atoms with E-state index in [0.717, 1.165) is 26.1 Å². The van der Waals surface area contributed by atoms with Crippen LogP contribution in [0.2, 0.25) is 0 Å². The van der Waals surface area contributed by atoms with Gasteiger partial charge in [-0.15, -0.1) is 0 Å². The Hall–Kier alpha value is -1.80. The van der Waals surface area contributed by atoms with E-state index < -0.39 is 0 Å². The Kier molecular flexibility index (Phi) is 3.40. The fourth-order valence-corrected chi connectivity index (χ4v) is 3.41. The molecule has 4 heterocycles. The molecule has 0 saturated carbocycles. The first-order chi connectivity index (χ1) is 10.4. The van der Waals surface area contributed by atoms with E-state index in [9.17, 15) is 0 Å². The minimum atomic E-state index is 0.247. The van der Waals surface area contributed by atoms with Crippen LogP contribution in [0.4, 0.5) is 0 Å². The second kappa shape index (κ2) is 5.53. The quantitative estimate of drug-likeness (QED) is 0.860.